The number of carbonyl (C=O) groups is 2. The Labute approximate surface area is 191 Å². The van der Waals surface area contributed by atoms with Gasteiger partial charge in [0.05, 0.1) is 13.3 Å². The number of nitrogens with one attached hydrogen (secondary N) is 2. The summed E-state index contributed by atoms with van der Waals surface area (Å²) in [5.74, 6) is -1.23. The Bertz CT molecular complexity index is 1130. The summed E-state index contributed by atoms with van der Waals surface area (Å²) in [6.45, 7) is 2.20. The average molecular weight is 449 g/mol. The lowest BCUT2D eigenvalue weighted by molar-refractivity contribution is -0.136. The number of anilines is 1. The molecule has 170 valence electrons. The third-order valence-electron chi connectivity index (χ3n) is 4.72. The molecule has 0 bridgehead atoms. The highest BCUT2D eigenvalue weighted by Crippen LogP contribution is 2.30. The van der Waals surface area contributed by atoms with Gasteiger partial charge in [-0.1, -0.05) is 37.3 Å². The van der Waals surface area contributed by atoms with E-state index in [1.165, 1.54) is 25.5 Å². The SMILES string of the molecule is CCc1ccc(NC(=O)C(=O)N/N=C\c2cccc(OC)c2OCc2ccc(F)cc2)cc1. The molecule has 8 heteroatoms. The lowest BCUT2D eigenvalue weighted by Gasteiger charge is -2.13. The first-order chi connectivity index (χ1) is 16.0. The minimum Gasteiger partial charge on any atom is -0.493 e. The molecule has 0 radical (unpaired) electrons. The van der Waals surface area contributed by atoms with Gasteiger partial charge in [-0.05, 0) is 53.9 Å². The number of amides is 2. The topological polar surface area (TPSA) is 89.0 Å². The van der Waals surface area contributed by atoms with Gasteiger partial charge in [0.25, 0.3) is 0 Å². The number of hydrogen-bond acceptors (Lipinski definition) is 5. The van der Waals surface area contributed by atoms with Crippen LogP contribution in [0.25, 0.3) is 0 Å². The molecule has 0 atom stereocenters. The number of rotatable bonds is 8. The van der Waals surface area contributed by atoms with Crippen molar-refractivity contribution < 1.29 is 23.5 Å². The lowest BCUT2D eigenvalue weighted by atomic mass is 10.1. The molecule has 0 aliphatic carbocycles. The van der Waals surface area contributed by atoms with Crippen molar-refractivity contribution in [3.63, 3.8) is 0 Å². The van der Waals surface area contributed by atoms with Crippen molar-refractivity contribution in [3.8, 4) is 11.5 Å². The van der Waals surface area contributed by atoms with E-state index in [1.807, 2.05) is 19.1 Å². The van der Waals surface area contributed by atoms with Crippen LogP contribution in [-0.2, 0) is 22.6 Å². The summed E-state index contributed by atoms with van der Waals surface area (Å²) in [6, 6.07) is 18.3. The molecule has 3 aromatic carbocycles. The van der Waals surface area contributed by atoms with Gasteiger partial charge in [-0.25, -0.2) is 9.82 Å². The molecule has 0 aromatic heterocycles. The molecule has 7 nitrogen and oxygen atoms in total. The third-order valence-corrected chi connectivity index (χ3v) is 4.72. The molecule has 0 aliphatic rings. The first-order valence-corrected chi connectivity index (χ1v) is 10.3. The first kappa shape index (κ1) is 23.5. The van der Waals surface area contributed by atoms with Gasteiger partial charge < -0.3 is 14.8 Å². The quantitative estimate of drug-likeness (QED) is 0.308. The molecular formula is C25H24FN3O4. The van der Waals surface area contributed by atoms with Crippen molar-refractivity contribution in [2.24, 2.45) is 5.10 Å². The number of aryl methyl sites for hydroxylation is 1. The summed E-state index contributed by atoms with van der Waals surface area (Å²) in [4.78, 5) is 24.2. The van der Waals surface area contributed by atoms with Crippen LogP contribution in [0.2, 0.25) is 0 Å². The molecule has 33 heavy (non-hydrogen) atoms. The number of halogens is 1. The second-order valence-corrected chi connectivity index (χ2v) is 7.00. The maximum atomic E-state index is 13.1. The molecule has 0 saturated heterocycles. The van der Waals surface area contributed by atoms with E-state index in [0.717, 1.165) is 17.5 Å². The molecule has 0 aliphatic heterocycles. The molecule has 3 rings (SSSR count). The summed E-state index contributed by atoms with van der Waals surface area (Å²) in [6.07, 6.45) is 2.23. The van der Waals surface area contributed by atoms with Crippen molar-refractivity contribution in [2.45, 2.75) is 20.0 Å². The second-order valence-electron chi connectivity index (χ2n) is 7.00. The van der Waals surface area contributed by atoms with E-state index in [1.54, 1.807) is 42.5 Å². The Hall–Kier alpha value is -4.20. The molecule has 2 amide bonds. The van der Waals surface area contributed by atoms with E-state index in [2.05, 4.69) is 15.8 Å². The van der Waals surface area contributed by atoms with Gasteiger partial charge in [0, 0.05) is 11.3 Å². The Balaban J connectivity index is 1.63. The largest absolute Gasteiger partial charge is 0.493 e. The molecule has 2 N–H and O–H groups in total. The molecule has 0 spiro atoms. The van der Waals surface area contributed by atoms with Gasteiger partial charge in [0.15, 0.2) is 11.5 Å². The number of benzene rings is 3. The van der Waals surface area contributed by atoms with E-state index in [4.69, 9.17) is 9.47 Å². The zero-order chi connectivity index (χ0) is 23.6. The standard InChI is InChI=1S/C25H24FN3O4/c1-3-17-9-13-21(14-10-17)28-24(30)25(31)29-27-15-19-5-4-6-22(32-2)23(19)33-16-18-7-11-20(26)12-8-18/h4-15H,3,16H2,1-2H3,(H,28,30)(H,29,31)/b27-15-. The number of para-hydroxylation sites is 1. The summed E-state index contributed by atoms with van der Waals surface area (Å²) in [5, 5.41) is 6.38. The van der Waals surface area contributed by atoms with E-state index < -0.39 is 11.8 Å². The maximum Gasteiger partial charge on any atom is 0.329 e. The number of nitrogens with zero attached hydrogens (tertiary/aromatic N) is 1. The number of ether oxygens (including phenoxy) is 2. The minimum absolute atomic E-state index is 0.174. The summed E-state index contributed by atoms with van der Waals surface area (Å²) >= 11 is 0. The van der Waals surface area contributed by atoms with Crippen molar-refractivity contribution in [1.82, 2.24) is 5.43 Å². The highest BCUT2D eigenvalue weighted by Gasteiger charge is 2.14. The monoisotopic (exact) mass is 449 g/mol. The van der Waals surface area contributed by atoms with Crippen molar-refractivity contribution >= 4 is 23.7 Å². The number of methoxy groups -OCH3 is 1. The predicted octanol–water partition coefficient (Wildman–Crippen LogP) is 4.06. The summed E-state index contributed by atoms with van der Waals surface area (Å²) in [5.41, 5.74) is 5.12. The fourth-order valence-electron chi connectivity index (χ4n) is 2.91. The Kier molecular flexibility index (Phi) is 8.13. The van der Waals surface area contributed by atoms with Gasteiger partial charge in [-0.3, -0.25) is 9.59 Å². The van der Waals surface area contributed by atoms with Gasteiger partial charge in [-0.2, -0.15) is 5.10 Å². The molecule has 0 unspecified atom stereocenters. The van der Waals surface area contributed by atoms with Crippen LogP contribution in [0.3, 0.4) is 0 Å². The Morgan fingerprint density at radius 2 is 1.67 bits per heavy atom. The Morgan fingerprint density at radius 1 is 0.970 bits per heavy atom. The summed E-state index contributed by atoms with van der Waals surface area (Å²) < 4.78 is 24.3. The van der Waals surface area contributed by atoms with Crippen LogP contribution < -0.4 is 20.2 Å². The van der Waals surface area contributed by atoms with Crippen LogP contribution in [0.1, 0.15) is 23.6 Å². The smallest absolute Gasteiger partial charge is 0.329 e. The highest BCUT2D eigenvalue weighted by atomic mass is 19.1. The average Bonchev–Trinajstić information content (AvgIpc) is 2.84. The van der Waals surface area contributed by atoms with E-state index in [-0.39, 0.29) is 12.4 Å². The summed E-state index contributed by atoms with van der Waals surface area (Å²) in [7, 11) is 1.50. The van der Waals surface area contributed by atoms with Crippen LogP contribution in [0, 0.1) is 5.82 Å². The van der Waals surface area contributed by atoms with E-state index in [0.29, 0.717) is 22.7 Å². The molecule has 0 fully saturated rings. The number of hydrogen-bond donors (Lipinski definition) is 2. The van der Waals surface area contributed by atoms with Crippen LogP contribution in [0.4, 0.5) is 10.1 Å². The highest BCUT2D eigenvalue weighted by molar-refractivity contribution is 6.39. The van der Waals surface area contributed by atoms with Gasteiger partial charge >= 0.3 is 11.8 Å². The van der Waals surface area contributed by atoms with Gasteiger partial charge in [0.1, 0.15) is 12.4 Å². The van der Waals surface area contributed by atoms with Crippen molar-refractivity contribution in [2.75, 3.05) is 12.4 Å². The zero-order valence-corrected chi connectivity index (χ0v) is 18.3. The normalized spacial score (nSPS) is 10.6. The van der Waals surface area contributed by atoms with Crippen molar-refractivity contribution in [3.05, 3.63) is 89.2 Å². The van der Waals surface area contributed by atoms with Gasteiger partial charge in [-0.15, -0.1) is 0 Å². The zero-order valence-electron chi connectivity index (χ0n) is 18.3. The molecule has 0 saturated carbocycles. The number of hydrazone groups is 1. The Morgan fingerprint density at radius 3 is 2.33 bits per heavy atom. The van der Waals surface area contributed by atoms with Crippen LogP contribution >= 0.6 is 0 Å². The number of carbonyl (C=O) groups excluding carboxylic acids is 2. The molecule has 0 heterocycles. The predicted molar refractivity (Wildman–Crippen MR) is 124 cm³/mol. The second kappa shape index (κ2) is 11.4. The molecule has 3 aromatic rings. The fourth-order valence-corrected chi connectivity index (χ4v) is 2.91. The van der Waals surface area contributed by atoms with Crippen LogP contribution in [-0.4, -0.2) is 25.1 Å². The van der Waals surface area contributed by atoms with Crippen molar-refractivity contribution in [1.29, 1.82) is 0 Å². The lowest BCUT2D eigenvalue weighted by Crippen LogP contribution is -2.32. The maximum absolute atomic E-state index is 13.1. The van der Waals surface area contributed by atoms with Gasteiger partial charge in [0.2, 0.25) is 0 Å². The van der Waals surface area contributed by atoms with E-state index >= 15 is 0 Å². The first-order valence-electron chi connectivity index (χ1n) is 10.3. The fraction of sp³-hybridized carbons (Fsp3) is 0.160. The van der Waals surface area contributed by atoms with Crippen LogP contribution in [0.5, 0.6) is 11.5 Å². The third kappa shape index (κ3) is 6.64. The molecular weight excluding hydrogens is 425 g/mol. The minimum atomic E-state index is -0.914. The van der Waals surface area contributed by atoms with Crippen LogP contribution in [0.15, 0.2) is 71.8 Å². The van der Waals surface area contributed by atoms with E-state index in [9.17, 15) is 14.0 Å².